The number of pyridine rings is 1. The first kappa shape index (κ1) is 11.0. The lowest BCUT2D eigenvalue weighted by Crippen LogP contribution is -2.27. The molecule has 0 fully saturated rings. The fraction of sp³-hybridized carbons (Fsp3) is 0.250. The summed E-state index contributed by atoms with van der Waals surface area (Å²) >= 11 is 0. The van der Waals surface area contributed by atoms with Crippen molar-refractivity contribution < 1.29 is 10.2 Å². The number of rotatable bonds is 3. The van der Waals surface area contributed by atoms with Crippen LogP contribution in [0.3, 0.4) is 0 Å². The summed E-state index contributed by atoms with van der Waals surface area (Å²) in [5.74, 6) is 0. The molecule has 0 spiro atoms. The van der Waals surface area contributed by atoms with Crippen LogP contribution in [0.1, 0.15) is 11.7 Å². The summed E-state index contributed by atoms with van der Waals surface area (Å²) in [6.07, 6.45) is -0.312. The van der Waals surface area contributed by atoms with Gasteiger partial charge in [0.15, 0.2) is 0 Å². The molecule has 0 amide bonds. The summed E-state index contributed by atoms with van der Waals surface area (Å²) in [4.78, 5) is 4.19. The highest BCUT2D eigenvalue weighted by atomic mass is 16.3. The minimum absolute atomic E-state index is 0.0256. The monoisotopic (exact) mass is 218 g/mol. The molecule has 0 radical (unpaired) electrons. The van der Waals surface area contributed by atoms with Crippen molar-refractivity contribution in [1.82, 2.24) is 4.98 Å². The van der Waals surface area contributed by atoms with Crippen molar-refractivity contribution in [2.24, 2.45) is 5.73 Å². The molecule has 2 aromatic rings. The Labute approximate surface area is 93.4 Å². The maximum atomic E-state index is 9.93. The quantitative estimate of drug-likeness (QED) is 0.704. The van der Waals surface area contributed by atoms with Crippen LogP contribution < -0.4 is 5.73 Å². The average Bonchev–Trinajstić information content (AvgIpc) is 2.36. The summed E-state index contributed by atoms with van der Waals surface area (Å²) in [5.41, 5.74) is 6.78. The van der Waals surface area contributed by atoms with Crippen LogP contribution in [-0.2, 0) is 0 Å². The highest BCUT2D eigenvalue weighted by molar-refractivity contribution is 5.82. The molecule has 0 aliphatic heterocycles. The Morgan fingerprint density at radius 3 is 2.69 bits per heavy atom. The Hall–Kier alpha value is -1.49. The fourth-order valence-electron chi connectivity index (χ4n) is 1.71. The third-order valence-electron chi connectivity index (χ3n) is 2.61. The van der Waals surface area contributed by atoms with Crippen molar-refractivity contribution in [3.8, 4) is 0 Å². The molecule has 1 aromatic carbocycles. The molecule has 4 heteroatoms. The van der Waals surface area contributed by atoms with Gasteiger partial charge in [-0.15, -0.1) is 0 Å². The molecule has 4 nitrogen and oxygen atoms in total. The second-order valence-electron chi connectivity index (χ2n) is 3.67. The summed E-state index contributed by atoms with van der Waals surface area (Å²) in [6.45, 7) is 0.0256. The third-order valence-corrected chi connectivity index (χ3v) is 2.61. The van der Waals surface area contributed by atoms with Crippen LogP contribution >= 0.6 is 0 Å². The topological polar surface area (TPSA) is 79.4 Å². The molecule has 0 bridgehead atoms. The molecule has 0 aliphatic carbocycles. The summed E-state index contributed by atoms with van der Waals surface area (Å²) < 4.78 is 0. The van der Waals surface area contributed by atoms with Crippen LogP contribution in [0.15, 0.2) is 36.5 Å². The molecule has 1 aromatic heterocycles. The number of para-hydroxylation sites is 1. The molecular weight excluding hydrogens is 204 g/mol. The van der Waals surface area contributed by atoms with Crippen LogP contribution in [0.25, 0.3) is 10.9 Å². The Kier molecular flexibility index (Phi) is 3.14. The first-order valence-corrected chi connectivity index (χ1v) is 5.14. The van der Waals surface area contributed by atoms with Crippen molar-refractivity contribution in [2.75, 3.05) is 6.54 Å². The van der Waals surface area contributed by atoms with Crippen molar-refractivity contribution >= 4 is 10.9 Å². The van der Waals surface area contributed by atoms with Gasteiger partial charge in [-0.1, -0.05) is 18.2 Å². The van der Waals surface area contributed by atoms with E-state index in [2.05, 4.69) is 4.98 Å². The normalized spacial score (nSPS) is 14.9. The lowest BCUT2D eigenvalue weighted by Gasteiger charge is -2.17. The molecule has 0 saturated carbocycles. The van der Waals surface area contributed by atoms with Crippen LogP contribution in [0.5, 0.6) is 0 Å². The predicted octanol–water partition coefficient (Wildman–Crippen LogP) is 0.588. The van der Waals surface area contributed by atoms with Crippen molar-refractivity contribution in [1.29, 1.82) is 0 Å². The van der Waals surface area contributed by atoms with Gasteiger partial charge in [0.2, 0.25) is 0 Å². The fourth-order valence-corrected chi connectivity index (χ4v) is 1.71. The number of nitrogens with two attached hydrogens (primary N) is 1. The second kappa shape index (κ2) is 4.57. The zero-order valence-electron chi connectivity index (χ0n) is 8.74. The van der Waals surface area contributed by atoms with Crippen LogP contribution in [-0.4, -0.2) is 27.8 Å². The van der Waals surface area contributed by atoms with Crippen molar-refractivity contribution in [3.63, 3.8) is 0 Å². The highest BCUT2D eigenvalue weighted by Crippen LogP contribution is 2.24. The SMILES string of the molecule is NCC(O)C(O)c1ccnc2ccccc12. The minimum Gasteiger partial charge on any atom is -0.389 e. The van der Waals surface area contributed by atoms with Crippen molar-refractivity contribution in [2.45, 2.75) is 12.2 Å². The molecule has 1 heterocycles. The highest BCUT2D eigenvalue weighted by Gasteiger charge is 2.18. The number of benzene rings is 1. The second-order valence-corrected chi connectivity index (χ2v) is 3.67. The van der Waals surface area contributed by atoms with Crippen molar-refractivity contribution in [3.05, 3.63) is 42.1 Å². The molecule has 2 atom stereocenters. The van der Waals surface area contributed by atoms with Gasteiger partial charge in [0.25, 0.3) is 0 Å². The van der Waals surface area contributed by atoms with Gasteiger partial charge in [0.05, 0.1) is 11.6 Å². The molecule has 0 saturated heterocycles. The van der Waals surface area contributed by atoms with Crippen LogP contribution in [0, 0.1) is 0 Å². The Bertz CT molecular complexity index is 482. The van der Waals surface area contributed by atoms with E-state index < -0.39 is 12.2 Å². The molecule has 0 aliphatic rings. The van der Waals surface area contributed by atoms with E-state index in [9.17, 15) is 10.2 Å². The Morgan fingerprint density at radius 2 is 1.94 bits per heavy atom. The van der Waals surface area contributed by atoms with E-state index in [1.165, 1.54) is 0 Å². The van der Waals surface area contributed by atoms with E-state index in [0.717, 1.165) is 10.9 Å². The van der Waals surface area contributed by atoms with E-state index >= 15 is 0 Å². The van der Waals surface area contributed by atoms with Gasteiger partial charge in [0.1, 0.15) is 6.10 Å². The molecular formula is C12H14N2O2. The maximum Gasteiger partial charge on any atom is 0.107 e. The number of hydrogen-bond acceptors (Lipinski definition) is 4. The minimum atomic E-state index is -0.974. The van der Waals surface area contributed by atoms with Gasteiger partial charge >= 0.3 is 0 Å². The number of fused-ring (bicyclic) bond motifs is 1. The first-order valence-electron chi connectivity index (χ1n) is 5.14. The number of nitrogens with zero attached hydrogens (tertiary/aromatic N) is 1. The van der Waals surface area contributed by atoms with Gasteiger partial charge < -0.3 is 15.9 Å². The lowest BCUT2D eigenvalue weighted by atomic mass is 10.0. The summed E-state index contributed by atoms with van der Waals surface area (Å²) in [6, 6.07) is 9.18. The van der Waals surface area contributed by atoms with Gasteiger partial charge in [0, 0.05) is 18.1 Å². The largest absolute Gasteiger partial charge is 0.389 e. The number of aliphatic hydroxyl groups excluding tert-OH is 2. The Balaban J connectivity index is 2.52. The zero-order valence-corrected chi connectivity index (χ0v) is 8.74. The van der Waals surface area contributed by atoms with Crippen LogP contribution in [0.4, 0.5) is 0 Å². The first-order chi connectivity index (χ1) is 7.74. The molecule has 4 N–H and O–H groups in total. The predicted molar refractivity (Wildman–Crippen MR) is 61.8 cm³/mol. The average molecular weight is 218 g/mol. The van der Waals surface area contributed by atoms with Gasteiger partial charge in [-0.05, 0) is 17.7 Å². The smallest absolute Gasteiger partial charge is 0.107 e. The summed E-state index contributed by atoms with van der Waals surface area (Å²) in [5, 5.41) is 20.3. The van der Waals surface area contributed by atoms with E-state index in [0.29, 0.717) is 5.56 Å². The van der Waals surface area contributed by atoms with Gasteiger partial charge in [-0.25, -0.2) is 0 Å². The third kappa shape index (κ3) is 1.90. The zero-order chi connectivity index (χ0) is 11.5. The van der Waals surface area contributed by atoms with E-state index in [1.54, 1.807) is 12.3 Å². The maximum absolute atomic E-state index is 9.93. The molecule has 16 heavy (non-hydrogen) atoms. The number of aliphatic hydroxyl groups is 2. The van der Waals surface area contributed by atoms with E-state index in [1.807, 2.05) is 24.3 Å². The van der Waals surface area contributed by atoms with Gasteiger partial charge in [-0.3, -0.25) is 4.98 Å². The number of aromatic nitrogens is 1. The van der Waals surface area contributed by atoms with Gasteiger partial charge in [-0.2, -0.15) is 0 Å². The van der Waals surface area contributed by atoms with E-state index in [-0.39, 0.29) is 6.54 Å². The van der Waals surface area contributed by atoms with E-state index in [4.69, 9.17) is 5.73 Å². The molecule has 2 rings (SSSR count). The standard InChI is InChI=1S/C12H14N2O2/c13-7-11(15)12(16)9-5-6-14-10-4-2-1-3-8(9)10/h1-6,11-12,15-16H,7,13H2. The molecule has 2 unspecified atom stereocenters. The lowest BCUT2D eigenvalue weighted by molar-refractivity contribution is 0.0252. The number of hydrogen-bond donors (Lipinski definition) is 3. The summed E-state index contributed by atoms with van der Waals surface area (Å²) in [7, 11) is 0. The van der Waals surface area contributed by atoms with Crippen LogP contribution in [0.2, 0.25) is 0 Å². The Morgan fingerprint density at radius 1 is 1.19 bits per heavy atom. The molecule has 84 valence electrons.